The van der Waals surface area contributed by atoms with Gasteiger partial charge in [0.1, 0.15) is 34.9 Å². The fourth-order valence-electron chi connectivity index (χ4n) is 3.72. The molecule has 3 aromatic carbocycles. The lowest BCUT2D eigenvalue weighted by atomic mass is 10.1. The van der Waals surface area contributed by atoms with Gasteiger partial charge in [-0.3, -0.25) is 4.79 Å². The molecule has 0 spiro atoms. The van der Waals surface area contributed by atoms with Crippen molar-refractivity contribution >= 4 is 16.0 Å². The summed E-state index contributed by atoms with van der Waals surface area (Å²) in [4.78, 5) is 14.3. The number of nitrogens with zero attached hydrogens (tertiary/aromatic N) is 1. The van der Waals surface area contributed by atoms with Gasteiger partial charge in [0.2, 0.25) is 5.91 Å². The first-order chi connectivity index (χ1) is 16.4. The molecule has 1 amide bonds. The normalized spacial score (nSPS) is 16.2. The summed E-state index contributed by atoms with van der Waals surface area (Å²) >= 11 is 0. The predicted molar refractivity (Wildman–Crippen MR) is 124 cm³/mol. The number of ether oxygens (including phenoxy) is 3. The molecular formula is C25H25NO7S. The zero-order valence-corrected chi connectivity index (χ0v) is 19.7. The van der Waals surface area contributed by atoms with Gasteiger partial charge < -0.3 is 23.3 Å². The van der Waals surface area contributed by atoms with Crippen LogP contribution in [0.25, 0.3) is 0 Å². The smallest absolute Gasteiger partial charge is 0.339 e. The lowest BCUT2D eigenvalue weighted by Gasteiger charge is -2.33. The summed E-state index contributed by atoms with van der Waals surface area (Å²) in [7, 11) is -0.897. The van der Waals surface area contributed by atoms with E-state index in [2.05, 4.69) is 0 Å². The third-order valence-electron chi connectivity index (χ3n) is 5.50. The van der Waals surface area contributed by atoms with Crippen molar-refractivity contribution in [1.29, 1.82) is 0 Å². The fraction of sp³-hybridized carbons (Fsp3) is 0.240. The van der Waals surface area contributed by atoms with Gasteiger partial charge in [0.25, 0.3) is 0 Å². The number of morpholine rings is 1. The molecule has 1 atom stereocenters. The van der Waals surface area contributed by atoms with Crippen LogP contribution in [0.2, 0.25) is 0 Å². The number of para-hydroxylation sites is 1. The van der Waals surface area contributed by atoms with Crippen molar-refractivity contribution in [2.75, 3.05) is 27.4 Å². The van der Waals surface area contributed by atoms with Crippen molar-refractivity contribution < 1.29 is 31.6 Å². The van der Waals surface area contributed by atoms with Gasteiger partial charge in [0, 0.05) is 23.7 Å². The Hall–Kier alpha value is -3.56. The van der Waals surface area contributed by atoms with Gasteiger partial charge in [0.15, 0.2) is 0 Å². The maximum Gasteiger partial charge on any atom is 0.339 e. The summed E-state index contributed by atoms with van der Waals surface area (Å²) in [5, 5.41) is 0. The largest absolute Gasteiger partial charge is 0.497 e. The minimum absolute atomic E-state index is 0.0535. The van der Waals surface area contributed by atoms with Crippen LogP contribution >= 0.6 is 0 Å². The molecule has 1 saturated heterocycles. The molecule has 0 aromatic heterocycles. The van der Waals surface area contributed by atoms with Crippen LogP contribution in [0.3, 0.4) is 0 Å². The molecule has 34 heavy (non-hydrogen) atoms. The van der Waals surface area contributed by atoms with E-state index in [1.54, 1.807) is 73.7 Å². The molecule has 0 unspecified atom stereocenters. The van der Waals surface area contributed by atoms with E-state index in [0.29, 0.717) is 23.6 Å². The molecule has 0 aliphatic carbocycles. The standard InChI is InChI=1S/C25H25NO7S/c1-30-19-13-12-18(23(14-19)31-2)15-26-16-24(32-17-25(26)27)21-10-6-7-11-22(21)33-34(28,29)20-8-4-3-5-9-20/h3-14,24H,15-17H2,1-2H3/t24-/m0/s1. The Morgan fingerprint density at radius 1 is 0.941 bits per heavy atom. The quantitative estimate of drug-likeness (QED) is 0.453. The molecule has 0 bridgehead atoms. The summed E-state index contributed by atoms with van der Waals surface area (Å²) in [5.74, 6) is 1.24. The molecule has 0 radical (unpaired) electrons. The molecule has 1 fully saturated rings. The number of amides is 1. The molecule has 8 nitrogen and oxygen atoms in total. The van der Waals surface area contributed by atoms with Crippen molar-refractivity contribution in [2.24, 2.45) is 0 Å². The molecule has 3 aromatic rings. The van der Waals surface area contributed by atoms with Gasteiger partial charge in [0.05, 0.1) is 20.8 Å². The molecular weight excluding hydrogens is 458 g/mol. The molecule has 178 valence electrons. The van der Waals surface area contributed by atoms with E-state index >= 15 is 0 Å². The van der Waals surface area contributed by atoms with E-state index in [4.69, 9.17) is 18.4 Å². The number of hydrogen-bond donors (Lipinski definition) is 0. The third-order valence-corrected chi connectivity index (χ3v) is 6.75. The Kier molecular flexibility index (Phi) is 7.04. The van der Waals surface area contributed by atoms with E-state index in [9.17, 15) is 13.2 Å². The molecule has 4 rings (SSSR count). The number of carbonyl (C=O) groups excluding carboxylic acids is 1. The minimum Gasteiger partial charge on any atom is -0.497 e. The zero-order valence-electron chi connectivity index (χ0n) is 18.8. The van der Waals surface area contributed by atoms with Gasteiger partial charge >= 0.3 is 10.1 Å². The highest BCUT2D eigenvalue weighted by molar-refractivity contribution is 7.87. The Morgan fingerprint density at radius 2 is 1.68 bits per heavy atom. The van der Waals surface area contributed by atoms with Crippen LogP contribution in [0.5, 0.6) is 17.2 Å². The van der Waals surface area contributed by atoms with Gasteiger partial charge in [-0.1, -0.05) is 36.4 Å². The maximum absolute atomic E-state index is 12.8. The van der Waals surface area contributed by atoms with Crippen LogP contribution in [0.15, 0.2) is 77.7 Å². The number of rotatable bonds is 8. The average Bonchev–Trinajstić information content (AvgIpc) is 2.86. The van der Waals surface area contributed by atoms with Crippen LogP contribution < -0.4 is 13.7 Å². The molecule has 0 N–H and O–H groups in total. The molecule has 0 saturated carbocycles. The second-order valence-electron chi connectivity index (χ2n) is 7.64. The average molecular weight is 484 g/mol. The monoisotopic (exact) mass is 483 g/mol. The Bertz CT molecular complexity index is 1260. The lowest BCUT2D eigenvalue weighted by Crippen LogP contribution is -2.42. The number of hydrogen-bond acceptors (Lipinski definition) is 7. The number of carbonyl (C=O) groups is 1. The van der Waals surface area contributed by atoms with E-state index in [-0.39, 0.29) is 29.7 Å². The minimum atomic E-state index is -4.03. The van der Waals surface area contributed by atoms with Crippen LogP contribution in [0, 0.1) is 0 Å². The van der Waals surface area contributed by atoms with E-state index in [0.717, 1.165) is 5.56 Å². The van der Waals surface area contributed by atoms with Crippen LogP contribution in [0.1, 0.15) is 17.2 Å². The van der Waals surface area contributed by atoms with Crippen LogP contribution in [-0.2, 0) is 26.2 Å². The summed E-state index contributed by atoms with van der Waals surface area (Å²) in [6.45, 7) is 0.389. The Morgan fingerprint density at radius 3 is 2.41 bits per heavy atom. The number of benzene rings is 3. The molecule has 1 aliphatic heterocycles. The highest BCUT2D eigenvalue weighted by atomic mass is 32.2. The first kappa shape index (κ1) is 23.6. The molecule has 1 aliphatic rings. The summed E-state index contributed by atoms with van der Waals surface area (Å²) in [6.07, 6.45) is -0.566. The molecule has 9 heteroatoms. The van der Waals surface area contributed by atoms with Gasteiger partial charge in [-0.2, -0.15) is 8.42 Å². The number of methoxy groups -OCH3 is 2. The van der Waals surface area contributed by atoms with Crippen LogP contribution in [-0.4, -0.2) is 46.6 Å². The Labute approximate surface area is 198 Å². The first-order valence-electron chi connectivity index (χ1n) is 10.6. The van der Waals surface area contributed by atoms with E-state index in [1.807, 2.05) is 6.07 Å². The fourth-order valence-corrected chi connectivity index (χ4v) is 4.70. The van der Waals surface area contributed by atoms with Gasteiger partial charge in [-0.25, -0.2) is 0 Å². The van der Waals surface area contributed by atoms with Crippen molar-refractivity contribution in [3.05, 3.63) is 83.9 Å². The zero-order chi connectivity index (χ0) is 24.1. The van der Waals surface area contributed by atoms with Crippen molar-refractivity contribution in [1.82, 2.24) is 4.90 Å². The first-order valence-corrected chi connectivity index (χ1v) is 12.0. The summed E-state index contributed by atoms with van der Waals surface area (Å²) < 4.78 is 47.5. The highest BCUT2D eigenvalue weighted by Crippen LogP contribution is 2.34. The SMILES string of the molecule is COc1ccc(CN2C[C@@H](c3ccccc3OS(=O)(=O)c3ccccc3)OCC2=O)c(OC)c1. The van der Waals surface area contributed by atoms with Crippen LogP contribution in [0.4, 0.5) is 0 Å². The topological polar surface area (TPSA) is 91.4 Å². The maximum atomic E-state index is 12.8. The highest BCUT2D eigenvalue weighted by Gasteiger charge is 2.31. The van der Waals surface area contributed by atoms with Gasteiger partial charge in [-0.15, -0.1) is 0 Å². The summed E-state index contributed by atoms with van der Waals surface area (Å²) in [5.41, 5.74) is 1.36. The van der Waals surface area contributed by atoms with E-state index in [1.165, 1.54) is 12.1 Å². The van der Waals surface area contributed by atoms with Gasteiger partial charge in [-0.05, 0) is 30.3 Å². The third kappa shape index (κ3) is 5.16. The summed E-state index contributed by atoms with van der Waals surface area (Å²) in [6, 6.07) is 20.1. The second-order valence-corrected chi connectivity index (χ2v) is 9.19. The lowest BCUT2D eigenvalue weighted by molar-refractivity contribution is -0.150. The Balaban J connectivity index is 1.56. The molecule has 1 heterocycles. The predicted octanol–water partition coefficient (Wildman–Crippen LogP) is 3.57. The van der Waals surface area contributed by atoms with Crippen molar-refractivity contribution in [3.63, 3.8) is 0 Å². The van der Waals surface area contributed by atoms with Crippen molar-refractivity contribution in [2.45, 2.75) is 17.5 Å². The van der Waals surface area contributed by atoms with Crippen molar-refractivity contribution in [3.8, 4) is 17.2 Å². The van der Waals surface area contributed by atoms with E-state index < -0.39 is 16.2 Å². The second kappa shape index (κ2) is 10.1.